The first-order valence-corrected chi connectivity index (χ1v) is 6.93. The number of hydrogen-bond donors (Lipinski definition) is 1. The summed E-state index contributed by atoms with van der Waals surface area (Å²) in [5, 5.41) is 3.53. The Bertz CT molecular complexity index is 777. The third-order valence-electron chi connectivity index (χ3n) is 3.09. The molecule has 1 radical (unpaired) electrons. The van der Waals surface area contributed by atoms with Crippen LogP contribution in [0.25, 0.3) is 20.5 Å². The van der Waals surface area contributed by atoms with Crippen LogP contribution in [0.4, 0.5) is 4.39 Å². The van der Waals surface area contributed by atoms with E-state index in [1.807, 2.05) is 18.2 Å². The Morgan fingerprint density at radius 3 is 2.70 bits per heavy atom. The zero-order valence-electron chi connectivity index (χ0n) is 10.7. The third kappa shape index (κ3) is 2.08. The molecule has 1 heterocycles. The van der Waals surface area contributed by atoms with Crippen LogP contribution in [0.15, 0.2) is 42.5 Å². The van der Waals surface area contributed by atoms with Crippen LogP contribution in [0.5, 0.6) is 0 Å². The second kappa shape index (κ2) is 5.06. The summed E-state index contributed by atoms with van der Waals surface area (Å²) in [5.41, 5.74) is 1.46. The number of carbonyl (C=O) groups excluding carboxylic acids is 1. The number of thiophene rings is 1. The molecule has 0 aliphatic carbocycles. The number of rotatable bonds is 2. The van der Waals surface area contributed by atoms with Crippen LogP contribution in [-0.4, -0.2) is 13.0 Å². The molecule has 3 rings (SSSR count). The van der Waals surface area contributed by atoms with Gasteiger partial charge in [-0.25, -0.2) is 4.39 Å². The second-order valence-corrected chi connectivity index (χ2v) is 5.37. The lowest BCUT2D eigenvalue weighted by atomic mass is 10.1. The zero-order chi connectivity index (χ0) is 14.1. The SMILES string of the molecule is CNC(=O)c1c(-c2ccc(F)cc2)sc2cc[c]cc12. The monoisotopic (exact) mass is 284 g/mol. The van der Waals surface area contributed by atoms with Gasteiger partial charge in [0.25, 0.3) is 5.91 Å². The summed E-state index contributed by atoms with van der Waals surface area (Å²) >= 11 is 1.52. The van der Waals surface area contributed by atoms with Crippen LogP contribution in [0.2, 0.25) is 0 Å². The largest absolute Gasteiger partial charge is 0.355 e. The Hall–Kier alpha value is -2.20. The van der Waals surface area contributed by atoms with Crippen molar-refractivity contribution in [2.75, 3.05) is 7.05 Å². The number of nitrogens with one attached hydrogen (secondary N) is 1. The van der Waals surface area contributed by atoms with Crippen molar-refractivity contribution in [3.05, 3.63) is 59.9 Å². The van der Waals surface area contributed by atoms with E-state index in [9.17, 15) is 9.18 Å². The van der Waals surface area contributed by atoms with Crippen LogP contribution in [-0.2, 0) is 0 Å². The van der Waals surface area contributed by atoms with Gasteiger partial charge < -0.3 is 5.32 Å². The molecule has 0 fully saturated rings. The number of carbonyl (C=O) groups is 1. The summed E-state index contributed by atoms with van der Waals surface area (Å²) in [5.74, 6) is -0.431. The van der Waals surface area contributed by atoms with Crippen LogP contribution in [0.3, 0.4) is 0 Å². The number of fused-ring (bicyclic) bond motifs is 1. The normalized spacial score (nSPS) is 10.7. The van der Waals surface area contributed by atoms with Crippen molar-refractivity contribution in [2.45, 2.75) is 0 Å². The van der Waals surface area contributed by atoms with Gasteiger partial charge in [-0.1, -0.05) is 18.2 Å². The van der Waals surface area contributed by atoms with Gasteiger partial charge in [0.2, 0.25) is 0 Å². The molecule has 2 aromatic carbocycles. The highest BCUT2D eigenvalue weighted by Crippen LogP contribution is 2.38. The summed E-state index contributed by atoms with van der Waals surface area (Å²) in [4.78, 5) is 13.0. The lowest BCUT2D eigenvalue weighted by molar-refractivity contribution is 0.0965. The standard InChI is InChI=1S/C16H11FNOS/c1-18-16(19)14-12-4-2-3-5-13(12)20-15(14)10-6-8-11(17)9-7-10/h3-9H,1H3,(H,18,19). The fourth-order valence-electron chi connectivity index (χ4n) is 2.14. The Morgan fingerprint density at radius 2 is 2.00 bits per heavy atom. The minimum atomic E-state index is -0.287. The average molecular weight is 284 g/mol. The molecular weight excluding hydrogens is 273 g/mol. The predicted octanol–water partition coefficient (Wildman–Crippen LogP) is 3.87. The van der Waals surface area contributed by atoms with Crippen molar-refractivity contribution in [1.29, 1.82) is 0 Å². The summed E-state index contributed by atoms with van der Waals surface area (Å²) in [6, 6.07) is 14.7. The molecule has 1 amide bonds. The van der Waals surface area contributed by atoms with E-state index in [0.717, 1.165) is 20.5 Å². The molecule has 0 unspecified atom stereocenters. The van der Waals surface area contributed by atoms with Crippen molar-refractivity contribution in [2.24, 2.45) is 0 Å². The maximum absolute atomic E-state index is 13.1. The first kappa shape index (κ1) is 12.8. The molecule has 0 saturated carbocycles. The van der Waals surface area contributed by atoms with Crippen molar-refractivity contribution in [3.8, 4) is 10.4 Å². The molecule has 1 aromatic heterocycles. The van der Waals surface area contributed by atoms with E-state index in [2.05, 4.69) is 11.4 Å². The van der Waals surface area contributed by atoms with E-state index in [1.165, 1.54) is 23.5 Å². The van der Waals surface area contributed by atoms with E-state index in [1.54, 1.807) is 19.2 Å². The Morgan fingerprint density at radius 1 is 1.25 bits per heavy atom. The molecule has 2 nitrogen and oxygen atoms in total. The highest BCUT2D eigenvalue weighted by Gasteiger charge is 2.18. The van der Waals surface area contributed by atoms with Gasteiger partial charge in [0.1, 0.15) is 5.82 Å². The molecular formula is C16H11FNOS. The van der Waals surface area contributed by atoms with Crippen molar-refractivity contribution in [1.82, 2.24) is 5.32 Å². The molecule has 3 aromatic rings. The minimum Gasteiger partial charge on any atom is -0.355 e. The smallest absolute Gasteiger partial charge is 0.253 e. The van der Waals surface area contributed by atoms with E-state index in [-0.39, 0.29) is 11.7 Å². The fourth-order valence-corrected chi connectivity index (χ4v) is 3.32. The summed E-state index contributed by atoms with van der Waals surface area (Å²) in [7, 11) is 1.60. The van der Waals surface area contributed by atoms with Gasteiger partial charge in [0.15, 0.2) is 0 Å². The van der Waals surface area contributed by atoms with Gasteiger partial charge in [-0.05, 0) is 35.9 Å². The second-order valence-electron chi connectivity index (χ2n) is 4.31. The highest BCUT2D eigenvalue weighted by molar-refractivity contribution is 7.22. The molecule has 0 aliphatic heterocycles. The van der Waals surface area contributed by atoms with E-state index in [0.29, 0.717) is 5.56 Å². The number of benzene rings is 2. The summed E-state index contributed by atoms with van der Waals surface area (Å²) < 4.78 is 14.1. The minimum absolute atomic E-state index is 0.143. The molecule has 4 heteroatoms. The molecule has 1 N–H and O–H groups in total. The van der Waals surface area contributed by atoms with Gasteiger partial charge in [0.05, 0.1) is 5.56 Å². The Kier molecular flexibility index (Phi) is 3.24. The first-order valence-electron chi connectivity index (χ1n) is 6.11. The average Bonchev–Trinajstić information content (AvgIpc) is 2.86. The third-order valence-corrected chi connectivity index (χ3v) is 4.31. The lowest BCUT2D eigenvalue weighted by Gasteiger charge is -2.03. The van der Waals surface area contributed by atoms with E-state index >= 15 is 0 Å². The maximum Gasteiger partial charge on any atom is 0.253 e. The van der Waals surface area contributed by atoms with Crippen molar-refractivity contribution >= 4 is 27.3 Å². The van der Waals surface area contributed by atoms with E-state index in [4.69, 9.17) is 0 Å². The topological polar surface area (TPSA) is 29.1 Å². The summed E-state index contributed by atoms with van der Waals surface area (Å²) in [6.07, 6.45) is 0. The number of halogens is 1. The Balaban J connectivity index is 2.29. The molecule has 0 spiro atoms. The molecule has 0 saturated heterocycles. The Labute approximate surface area is 119 Å². The molecule has 99 valence electrons. The molecule has 0 atom stereocenters. The van der Waals surface area contributed by atoms with Crippen LogP contribution < -0.4 is 5.32 Å². The lowest BCUT2D eigenvalue weighted by Crippen LogP contribution is -2.18. The summed E-state index contributed by atoms with van der Waals surface area (Å²) in [6.45, 7) is 0. The van der Waals surface area contributed by atoms with Crippen molar-refractivity contribution in [3.63, 3.8) is 0 Å². The quantitative estimate of drug-likeness (QED) is 0.760. The van der Waals surface area contributed by atoms with Gasteiger partial charge in [-0.15, -0.1) is 11.3 Å². The van der Waals surface area contributed by atoms with Crippen molar-refractivity contribution < 1.29 is 9.18 Å². The van der Waals surface area contributed by atoms with Crippen LogP contribution in [0, 0.1) is 11.9 Å². The zero-order valence-corrected chi connectivity index (χ0v) is 11.6. The van der Waals surface area contributed by atoms with Gasteiger partial charge in [0, 0.05) is 22.0 Å². The maximum atomic E-state index is 13.1. The highest BCUT2D eigenvalue weighted by atomic mass is 32.1. The van der Waals surface area contributed by atoms with E-state index < -0.39 is 0 Å². The molecule has 20 heavy (non-hydrogen) atoms. The van der Waals surface area contributed by atoms with Gasteiger partial charge >= 0.3 is 0 Å². The molecule has 0 aliphatic rings. The van der Waals surface area contributed by atoms with Gasteiger partial charge in [-0.2, -0.15) is 0 Å². The van der Waals surface area contributed by atoms with Gasteiger partial charge in [-0.3, -0.25) is 4.79 Å². The number of amides is 1. The number of hydrogen-bond acceptors (Lipinski definition) is 2. The molecule has 0 bridgehead atoms. The first-order chi connectivity index (χ1) is 9.70. The predicted molar refractivity (Wildman–Crippen MR) is 79.4 cm³/mol. The van der Waals surface area contributed by atoms with Crippen LogP contribution >= 0.6 is 11.3 Å². The van der Waals surface area contributed by atoms with Crippen LogP contribution in [0.1, 0.15) is 10.4 Å². The fraction of sp³-hybridized carbons (Fsp3) is 0.0625.